The zero-order valence-electron chi connectivity index (χ0n) is 10.9. The second-order valence-electron chi connectivity index (χ2n) is 4.88. The Kier molecular flexibility index (Phi) is 3.03. The van der Waals surface area contributed by atoms with Crippen molar-refractivity contribution in [2.75, 3.05) is 6.61 Å². The van der Waals surface area contributed by atoms with Crippen molar-refractivity contribution in [3.05, 3.63) is 41.7 Å². The van der Waals surface area contributed by atoms with E-state index in [1.54, 1.807) is 6.92 Å². The van der Waals surface area contributed by atoms with Crippen molar-refractivity contribution >= 4 is 11.5 Å². The summed E-state index contributed by atoms with van der Waals surface area (Å²) in [5, 5.41) is 10.4. The van der Waals surface area contributed by atoms with E-state index >= 15 is 0 Å². The molecule has 2 atom stereocenters. The van der Waals surface area contributed by atoms with Crippen LogP contribution < -0.4 is 0 Å². The summed E-state index contributed by atoms with van der Waals surface area (Å²) >= 11 is 0. The molecule has 0 aromatic carbocycles. The number of ether oxygens (including phenoxy) is 1. The Bertz CT molecular complexity index is 617. The highest BCUT2D eigenvalue weighted by Crippen LogP contribution is 2.36. The quantitative estimate of drug-likeness (QED) is 0.840. The first-order valence-electron chi connectivity index (χ1n) is 6.66. The van der Waals surface area contributed by atoms with E-state index in [0.717, 1.165) is 23.2 Å². The van der Waals surface area contributed by atoms with E-state index in [1.165, 1.54) is 0 Å². The van der Waals surface area contributed by atoms with Crippen LogP contribution in [-0.2, 0) is 16.0 Å². The van der Waals surface area contributed by atoms with Gasteiger partial charge in [-0.2, -0.15) is 0 Å². The lowest BCUT2D eigenvalue weighted by molar-refractivity contribution is -0.153. The molecule has 0 saturated heterocycles. The van der Waals surface area contributed by atoms with Crippen molar-refractivity contribution in [3.8, 4) is 0 Å². The number of aliphatic hydroxyl groups excluding tert-OH is 1. The smallest absolute Gasteiger partial charge is 0.311 e. The number of esters is 1. The Morgan fingerprint density at radius 2 is 2.37 bits per heavy atom. The molecule has 19 heavy (non-hydrogen) atoms. The van der Waals surface area contributed by atoms with E-state index in [2.05, 4.69) is 4.40 Å². The van der Waals surface area contributed by atoms with Gasteiger partial charge in [0.15, 0.2) is 0 Å². The van der Waals surface area contributed by atoms with E-state index in [1.807, 2.05) is 30.5 Å². The molecule has 2 unspecified atom stereocenters. The maximum atomic E-state index is 11.8. The van der Waals surface area contributed by atoms with Crippen LogP contribution in [0.3, 0.4) is 0 Å². The number of hydrogen-bond donors (Lipinski definition) is 1. The molecule has 0 fully saturated rings. The number of hydrogen-bond acceptors (Lipinski definition) is 3. The van der Waals surface area contributed by atoms with E-state index < -0.39 is 12.0 Å². The predicted octanol–water partition coefficient (Wildman–Crippen LogP) is 2.10. The molecule has 0 amide bonds. The number of aliphatic hydroxyl groups is 1. The maximum Gasteiger partial charge on any atom is 0.311 e. The second-order valence-corrected chi connectivity index (χ2v) is 4.88. The summed E-state index contributed by atoms with van der Waals surface area (Å²) in [5.74, 6) is -0.735. The van der Waals surface area contributed by atoms with Crippen LogP contribution in [0.25, 0.3) is 5.52 Å². The zero-order chi connectivity index (χ0) is 13.4. The Morgan fingerprint density at radius 3 is 3.16 bits per heavy atom. The van der Waals surface area contributed by atoms with Crippen LogP contribution in [0.4, 0.5) is 0 Å². The van der Waals surface area contributed by atoms with Gasteiger partial charge >= 0.3 is 5.97 Å². The van der Waals surface area contributed by atoms with Crippen LogP contribution in [0.2, 0.25) is 0 Å². The topological polar surface area (TPSA) is 50.9 Å². The van der Waals surface area contributed by atoms with Gasteiger partial charge in [-0.05, 0) is 38.0 Å². The number of carbonyl (C=O) groups is 1. The van der Waals surface area contributed by atoms with E-state index in [4.69, 9.17) is 4.74 Å². The monoisotopic (exact) mass is 259 g/mol. The zero-order valence-corrected chi connectivity index (χ0v) is 10.9. The van der Waals surface area contributed by atoms with Crippen LogP contribution in [0, 0.1) is 5.92 Å². The minimum absolute atomic E-state index is 0.295. The molecule has 4 heteroatoms. The van der Waals surface area contributed by atoms with Crippen molar-refractivity contribution in [3.63, 3.8) is 0 Å². The van der Waals surface area contributed by atoms with Crippen molar-refractivity contribution in [2.24, 2.45) is 5.92 Å². The summed E-state index contributed by atoms with van der Waals surface area (Å²) in [6.45, 7) is 2.14. The number of rotatable bonds is 2. The van der Waals surface area contributed by atoms with Crippen molar-refractivity contribution in [1.29, 1.82) is 0 Å². The van der Waals surface area contributed by atoms with Crippen LogP contribution in [-0.4, -0.2) is 22.1 Å². The first kappa shape index (κ1) is 12.2. The Balaban J connectivity index is 1.99. The number of nitrogens with zero attached hydrogens (tertiary/aromatic N) is 1. The van der Waals surface area contributed by atoms with Crippen LogP contribution in [0.15, 0.2) is 30.5 Å². The molecule has 0 saturated carbocycles. The summed E-state index contributed by atoms with van der Waals surface area (Å²) in [4.78, 5) is 11.8. The third-order valence-electron chi connectivity index (χ3n) is 3.80. The molecule has 2 aromatic heterocycles. The number of aryl methyl sites for hydroxylation is 1. The van der Waals surface area contributed by atoms with Crippen molar-refractivity contribution in [2.45, 2.75) is 25.9 Å². The molecule has 2 heterocycles. The van der Waals surface area contributed by atoms with E-state index in [9.17, 15) is 9.90 Å². The highest BCUT2D eigenvalue weighted by atomic mass is 16.5. The predicted molar refractivity (Wildman–Crippen MR) is 70.8 cm³/mol. The summed E-state index contributed by atoms with van der Waals surface area (Å²) in [6.07, 6.45) is 2.65. The van der Waals surface area contributed by atoms with Crippen molar-refractivity contribution in [1.82, 2.24) is 4.40 Å². The van der Waals surface area contributed by atoms with Gasteiger partial charge in [-0.1, -0.05) is 6.07 Å². The molecule has 4 nitrogen and oxygen atoms in total. The van der Waals surface area contributed by atoms with Gasteiger partial charge in [0.1, 0.15) is 0 Å². The molecule has 100 valence electrons. The molecule has 0 bridgehead atoms. The lowest BCUT2D eigenvalue weighted by Gasteiger charge is -2.26. The van der Waals surface area contributed by atoms with Gasteiger partial charge in [0.25, 0.3) is 0 Å². The maximum absolute atomic E-state index is 11.8. The Hall–Kier alpha value is -1.81. The summed E-state index contributed by atoms with van der Waals surface area (Å²) in [6, 6.07) is 7.91. The summed E-state index contributed by atoms with van der Waals surface area (Å²) in [7, 11) is 0. The first-order valence-corrected chi connectivity index (χ1v) is 6.66. The lowest BCUT2D eigenvalue weighted by Crippen LogP contribution is -2.29. The fraction of sp³-hybridized carbons (Fsp3) is 0.400. The highest BCUT2D eigenvalue weighted by molar-refractivity contribution is 5.74. The second kappa shape index (κ2) is 4.70. The number of aromatic nitrogens is 1. The SMILES string of the molecule is CCOC(=O)C1CCc2c(cc3ccccn23)C1O. The minimum atomic E-state index is -0.761. The first-order chi connectivity index (χ1) is 9.22. The molecule has 1 N–H and O–H groups in total. The van der Waals surface area contributed by atoms with Crippen LogP contribution in [0.5, 0.6) is 0 Å². The standard InChI is InChI=1S/C15H17NO3/c1-2-19-15(18)11-6-7-13-12(14(11)17)9-10-5-3-4-8-16(10)13/h3-5,8-9,11,14,17H,2,6-7H2,1H3. The highest BCUT2D eigenvalue weighted by Gasteiger charge is 2.35. The molecular formula is C15H17NO3. The molecule has 1 aliphatic carbocycles. The Labute approximate surface area is 111 Å². The van der Waals surface area contributed by atoms with Gasteiger partial charge in [0, 0.05) is 23.0 Å². The fourth-order valence-electron chi connectivity index (χ4n) is 2.89. The van der Waals surface area contributed by atoms with Crippen LogP contribution >= 0.6 is 0 Å². The third-order valence-corrected chi connectivity index (χ3v) is 3.80. The van der Waals surface area contributed by atoms with Crippen LogP contribution in [0.1, 0.15) is 30.7 Å². The van der Waals surface area contributed by atoms with Gasteiger partial charge in [0.05, 0.1) is 18.6 Å². The molecule has 3 rings (SSSR count). The minimum Gasteiger partial charge on any atom is -0.466 e. The molecule has 0 aliphatic heterocycles. The van der Waals surface area contributed by atoms with Gasteiger partial charge < -0.3 is 14.2 Å². The Morgan fingerprint density at radius 1 is 1.53 bits per heavy atom. The summed E-state index contributed by atoms with van der Waals surface area (Å²) in [5.41, 5.74) is 3.01. The largest absolute Gasteiger partial charge is 0.466 e. The van der Waals surface area contributed by atoms with Gasteiger partial charge in [-0.15, -0.1) is 0 Å². The van der Waals surface area contributed by atoms with Crippen molar-refractivity contribution < 1.29 is 14.6 Å². The lowest BCUT2D eigenvalue weighted by atomic mass is 9.85. The normalized spacial score (nSPS) is 22.2. The average Bonchev–Trinajstić information content (AvgIpc) is 2.79. The molecular weight excluding hydrogens is 242 g/mol. The molecule has 0 spiro atoms. The fourth-order valence-corrected chi connectivity index (χ4v) is 2.89. The number of pyridine rings is 1. The van der Waals surface area contributed by atoms with E-state index in [0.29, 0.717) is 13.0 Å². The van der Waals surface area contributed by atoms with Gasteiger partial charge in [-0.25, -0.2) is 0 Å². The molecule has 2 aromatic rings. The third kappa shape index (κ3) is 1.92. The average molecular weight is 259 g/mol. The molecule has 1 aliphatic rings. The molecule has 0 radical (unpaired) electrons. The van der Waals surface area contributed by atoms with Gasteiger partial charge in [0.2, 0.25) is 0 Å². The van der Waals surface area contributed by atoms with E-state index in [-0.39, 0.29) is 5.97 Å². The number of carbonyl (C=O) groups excluding carboxylic acids is 1. The van der Waals surface area contributed by atoms with Gasteiger partial charge in [-0.3, -0.25) is 4.79 Å². The summed E-state index contributed by atoms with van der Waals surface area (Å²) < 4.78 is 7.12. The number of fused-ring (bicyclic) bond motifs is 3.